The molecule has 1 heterocycles. The zero-order valence-electron chi connectivity index (χ0n) is 12.9. The van der Waals surface area contributed by atoms with Gasteiger partial charge in [0.1, 0.15) is 0 Å². The summed E-state index contributed by atoms with van der Waals surface area (Å²) in [7, 11) is 0. The van der Waals surface area contributed by atoms with Crippen LogP contribution in [0.15, 0.2) is 0 Å². The molecule has 4 aliphatic rings. The van der Waals surface area contributed by atoms with Crippen LogP contribution >= 0.6 is 12.4 Å². The Labute approximate surface area is 134 Å². The summed E-state index contributed by atoms with van der Waals surface area (Å²) in [5.74, 6) is 2.85. The first-order valence-electron chi connectivity index (χ1n) is 8.84. The van der Waals surface area contributed by atoms with Crippen LogP contribution < -0.4 is 5.32 Å². The van der Waals surface area contributed by atoms with E-state index in [1.54, 1.807) is 0 Å². The summed E-state index contributed by atoms with van der Waals surface area (Å²) < 4.78 is 0. The summed E-state index contributed by atoms with van der Waals surface area (Å²) >= 11 is 0. The van der Waals surface area contributed by atoms with Crippen LogP contribution in [-0.2, 0) is 4.79 Å². The third kappa shape index (κ3) is 3.73. The van der Waals surface area contributed by atoms with Crippen LogP contribution in [0, 0.1) is 17.8 Å². The van der Waals surface area contributed by atoms with Gasteiger partial charge in [-0.2, -0.15) is 0 Å². The molecule has 4 heteroatoms. The largest absolute Gasteiger partial charge is 0.341 e. The van der Waals surface area contributed by atoms with Gasteiger partial charge in [-0.15, -0.1) is 12.4 Å². The first-order chi connectivity index (χ1) is 9.79. The van der Waals surface area contributed by atoms with Gasteiger partial charge in [0.05, 0.1) is 6.04 Å². The molecule has 0 aromatic heterocycles. The molecule has 4 fully saturated rings. The fraction of sp³-hybridized carbons (Fsp3) is 0.941. The van der Waals surface area contributed by atoms with Crippen LogP contribution in [0.4, 0.5) is 0 Å². The fourth-order valence-corrected chi connectivity index (χ4v) is 4.21. The Bertz CT molecular complexity index is 353. The SMILES string of the molecule is Cl.O=C(C1CC2CCCCC2N1)N(CC1CC1)CC1CC1. The van der Waals surface area contributed by atoms with Crippen molar-refractivity contribution in [2.24, 2.45) is 17.8 Å². The van der Waals surface area contributed by atoms with Gasteiger partial charge in [0.2, 0.25) is 5.91 Å². The van der Waals surface area contributed by atoms with Crippen molar-refractivity contribution >= 4 is 18.3 Å². The van der Waals surface area contributed by atoms with E-state index in [1.807, 2.05) is 0 Å². The van der Waals surface area contributed by atoms with Crippen LogP contribution in [0.2, 0.25) is 0 Å². The molecule has 3 atom stereocenters. The summed E-state index contributed by atoms with van der Waals surface area (Å²) in [5.41, 5.74) is 0. The average Bonchev–Trinajstić information content (AvgIpc) is 3.37. The lowest BCUT2D eigenvalue weighted by Gasteiger charge is -2.26. The summed E-state index contributed by atoms with van der Waals surface area (Å²) in [6, 6.07) is 0.780. The van der Waals surface area contributed by atoms with E-state index < -0.39 is 0 Å². The second kappa shape index (κ2) is 6.45. The molecule has 21 heavy (non-hydrogen) atoms. The Balaban J connectivity index is 0.00000132. The monoisotopic (exact) mass is 312 g/mol. The molecule has 3 unspecified atom stereocenters. The maximum Gasteiger partial charge on any atom is 0.239 e. The highest BCUT2D eigenvalue weighted by Crippen LogP contribution is 2.36. The van der Waals surface area contributed by atoms with E-state index in [-0.39, 0.29) is 18.4 Å². The highest BCUT2D eigenvalue weighted by atomic mass is 35.5. The van der Waals surface area contributed by atoms with Crippen molar-refractivity contribution in [3.63, 3.8) is 0 Å². The van der Waals surface area contributed by atoms with Gasteiger partial charge in [0.15, 0.2) is 0 Å². The summed E-state index contributed by atoms with van der Waals surface area (Å²) in [5, 5.41) is 3.67. The molecule has 3 aliphatic carbocycles. The van der Waals surface area contributed by atoms with Crippen molar-refractivity contribution in [1.29, 1.82) is 0 Å². The van der Waals surface area contributed by atoms with Crippen molar-refractivity contribution < 1.29 is 4.79 Å². The molecule has 120 valence electrons. The molecular formula is C17H29ClN2O. The molecule has 1 saturated heterocycles. The van der Waals surface area contributed by atoms with E-state index in [2.05, 4.69) is 10.2 Å². The van der Waals surface area contributed by atoms with E-state index in [0.717, 1.165) is 37.3 Å². The number of hydrogen-bond acceptors (Lipinski definition) is 2. The predicted molar refractivity (Wildman–Crippen MR) is 86.6 cm³/mol. The number of nitrogens with one attached hydrogen (secondary N) is 1. The highest BCUT2D eigenvalue weighted by molar-refractivity contribution is 5.85. The lowest BCUT2D eigenvalue weighted by atomic mass is 9.85. The quantitative estimate of drug-likeness (QED) is 0.846. The number of carbonyl (C=O) groups excluding carboxylic acids is 1. The van der Waals surface area contributed by atoms with Gasteiger partial charge in [0.25, 0.3) is 0 Å². The number of carbonyl (C=O) groups is 1. The molecule has 3 nitrogen and oxygen atoms in total. The molecule has 0 spiro atoms. The minimum Gasteiger partial charge on any atom is -0.341 e. The van der Waals surface area contributed by atoms with Crippen molar-refractivity contribution in [2.45, 2.75) is 69.9 Å². The van der Waals surface area contributed by atoms with Gasteiger partial charge >= 0.3 is 0 Å². The molecule has 1 aliphatic heterocycles. The second-order valence-electron chi connectivity index (χ2n) is 7.74. The van der Waals surface area contributed by atoms with Gasteiger partial charge in [0, 0.05) is 19.1 Å². The standard InChI is InChI=1S/C17H28N2O.ClH/c20-17(16-9-14-3-1-2-4-15(14)18-16)19(10-12-5-6-12)11-13-7-8-13;/h12-16,18H,1-11H2;1H. The normalized spacial score (nSPS) is 35.0. The Hall–Kier alpha value is -0.280. The van der Waals surface area contributed by atoms with E-state index in [1.165, 1.54) is 51.4 Å². The molecule has 0 bridgehead atoms. The number of amides is 1. The van der Waals surface area contributed by atoms with Crippen molar-refractivity contribution in [3.8, 4) is 0 Å². The Morgan fingerprint density at radius 2 is 1.57 bits per heavy atom. The van der Waals surface area contributed by atoms with Crippen molar-refractivity contribution in [1.82, 2.24) is 10.2 Å². The summed E-state index contributed by atoms with van der Waals surface area (Å²) in [6.07, 6.45) is 11.8. The molecular weight excluding hydrogens is 284 g/mol. The lowest BCUT2D eigenvalue weighted by molar-refractivity contribution is -0.133. The average molecular weight is 313 g/mol. The van der Waals surface area contributed by atoms with Crippen LogP contribution in [0.25, 0.3) is 0 Å². The number of rotatable bonds is 5. The van der Waals surface area contributed by atoms with Crippen LogP contribution in [-0.4, -0.2) is 36.0 Å². The highest BCUT2D eigenvalue weighted by Gasteiger charge is 2.41. The molecule has 0 aromatic rings. The van der Waals surface area contributed by atoms with E-state index in [4.69, 9.17) is 0 Å². The third-order valence-corrected chi connectivity index (χ3v) is 5.82. The van der Waals surface area contributed by atoms with E-state index in [9.17, 15) is 4.79 Å². The smallest absolute Gasteiger partial charge is 0.239 e. The zero-order chi connectivity index (χ0) is 13.5. The lowest BCUT2D eigenvalue weighted by Crippen LogP contribution is -2.46. The molecule has 0 aromatic carbocycles. The number of fused-ring (bicyclic) bond motifs is 1. The Morgan fingerprint density at radius 3 is 2.14 bits per heavy atom. The summed E-state index contributed by atoms with van der Waals surface area (Å²) in [4.78, 5) is 15.1. The molecule has 1 amide bonds. The maximum absolute atomic E-state index is 12.9. The van der Waals surface area contributed by atoms with Crippen LogP contribution in [0.1, 0.15) is 57.8 Å². The first-order valence-corrected chi connectivity index (χ1v) is 8.84. The molecule has 1 N–H and O–H groups in total. The number of halogens is 1. The van der Waals surface area contributed by atoms with E-state index >= 15 is 0 Å². The molecule has 4 rings (SSSR count). The predicted octanol–water partition coefficient (Wildman–Crippen LogP) is 2.98. The van der Waals surface area contributed by atoms with Gasteiger partial charge in [-0.05, 0) is 62.7 Å². The Kier molecular flexibility index (Phi) is 4.80. The fourth-order valence-electron chi connectivity index (χ4n) is 4.21. The molecule has 3 saturated carbocycles. The maximum atomic E-state index is 12.9. The zero-order valence-corrected chi connectivity index (χ0v) is 13.7. The molecule has 0 radical (unpaired) electrons. The van der Waals surface area contributed by atoms with Crippen LogP contribution in [0.3, 0.4) is 0 Å². The summed E-state index contributed by atoms with van der Waals surface area (Å²) in [6.45, 7) is 2.09. The first kappa shape index (κ1) is 15.6. The number of hydrogen-bond donors (Lipinski definition) is 1. The van der Waals surface area contributed by atoms with Crippen molar-refractivity contribution in [2.75, 3.05) is 13.1 Å². The third-order valence-electron chi connectivity index (χ3n) is 5.82. The van der Waals surface area contributed by atoms with Gasteiger partial charge in [-0.1, -0.05) is 12.8 Å². The van der Waals surface area contributed by atoms with Gasteiger partial charge in [-0.25, -0.2) is 0 Å². The van der Waals surface area contributed by atoms with Gasteiger partial charge < -0.3 is 10.2 Å². The number of nitrogens with zero attached hydrogens (tertiary/aromatic N) is 1. The van der Waals surface area contributed by atoms with Crippen LogP contribution in [0.5, 0.6) is 0 Å². The minimum atomic E-state index is 0. The van der Waals surface area contributed by atoms with Crippen molar-refractivity contribution in [3.05, 3.63) is 0 Å². The van der Waals surface area contributed by atoms with E-state index in [0.29, 0.717) is 11.9 Å². The Morgan fingerprint density at radius 1 is 0.952 bits per heavy atom. The van der Waals surface area contributed by atoms with Gasteiger partial charge in [-0.3, -0.25) is 4.79 Å². The topological polar surface area (TPSA) is 32.3 Å². The second-order valence-corrected chi connectivity index (χ2v) is 7.74. The minimum absolute atomic E-state index is 0.